The SMILES string of the molecule is CCNC(=NCc1sc(C)nc1C)NCCCOCC1CCOC1. The summed E-state index contributed by atoms with van der Waals surface area (Å²) in [6, 6.07) is 0. The highest BCUT2D eigenvalue weighted by Gasteiger charge is 2.15. The number of aromatic nitrogens is 1. The summed E-state index contributed by atoms with van der Waals surface area (Å²) in [5.41, 5.74) is 1.08. The third-order valence-corrected chi connectivity index (χ3v) is 4.92. The molecule has 136 valence electrons. The number of thiazole rings is 1. The van der Waals surface area contributed by atoms with Crippen molar-refractivity contribution in [3.63, 3.8) is 0 Å². The van der Waals surface area contributed by atoms with Crippen molar-refractivity contribution in [3.05, 3.63) is 15.6 Å². The molecule has 2 rings (SSSR count). The molecular weight excluding hydrogens is 324 g/mol. The molecule has 0 aromatic carbocycles. The van der Waals surface area contributed by atoms with Gasteiger partial charge in [0.2, 0.25) is 0 Å². The van der Waals surface area contributed by atoms with E-state index >= 15 is 0 Å². The van der Waals surface area contributed by atoms with Crippen LogP contribution in [0.25, 0.3) is 0 Å². The number of hydrogen-bond acceptors (Lipinski definition) is 5. The second-order valence-electron chi connectivity index (χ2n) is 6.02. The maximum Gasteiger partial charge on any atom is 0.191 e. The Hall–Kier alpha value is -1.18. The first-order valence-electron chi connectivity index (χ1n) is 8.79. The summed E-state index contributed by atoms with van der Waals surface area (Å²) in [7, 11) is 0. The lowest BCUT2D eigenvalue weighted by Crippen LogP contribution is -2.38. The third kappa shape index (κ3) is 6.75. The molecule has 2 N–H and O–H groups in total. The van der Waals surface area contributed by atoms with Gasteiger partial charge in [0.25, 0.3) is 0 Å². The van der Waals surface area contributed by atoms with Crippen LogP contribution < -0.4 is 10.6 Å². The average Bonchev–Trinajstić information content (AvgIpc) is 3.17. The van der Waals surface area contributed by atoms with E-state index in [1.807, 2.05) is 13.8 Å². The van der Waals surface area contributed by atoms with Crippen LogP contribution in [0.5, 0.6) is 0 Å². The zero-order valence-corrected chi connectivity index (χ0v) is 15.9. The van der Waals surface area contributed by atoms with E-state index < -0.39 is 0 Å². The molecular formula is C17H30N4O2S. The van der Waals surface area contributed by atoms with Gasteiger partial charge in [0.15, 0.2) is 5.96 Å². The van der Waals surface area contributed by atoms with Gasteiger partial charge in [0, 0.05) is 37.1 Å². The molecule has 0 spiro atoms. The molecule has 1 atom stereocenters. The molecule has 0 saturated carbocycles. The first-order valence-corrected chi connectivity index (χ1v) is 9.61. The van der Waals surface area contributed by atoms with Gasteiger partial charge in [-0.05, 0) is 33.6 Å². The monoisotopic (exact) mass is 354 g/mol. The van der Waals surface area contributed by atoms with Crippen LogP contribution in [0, 0.1) is 19.8 Å². The summed E-state index contributed by atoms with van der Waals surface area (Å²) in [4.78, 5) is 10.3. The van der Waals surface area contributed by atoms with E-state index in [9.17, 15) is 0 Å². The van der Waals surface area contributed by atoms with Gasteiger partial charge in [-0.3, -0.25) is 0 Å². The zero-order chi connectivity index (χ0) is 17.2. The van der Waals surface area contributed by atoms with Gasteiger partial charge >= 0.3 is 0 Å². The van der Waals surface area contributed by atoms with Crippen LogP contribution >= 0.6 is 11.3 Å². The van der Waals surface area contributed by atoms with Crippen molar-refractivity contribution in [2.45, 2.75) is 40.2 Å². The number of nitrogens with one attached hydrogen (secondary N) is 2. The van der Waals surface area contributed by atoms with Crippen molar-refractivity contribution in [1.82, 2.24) is 15.6 Å². The summed E-state index contributed by atoms with van der Waals surface area (Å²) in [5, 5.41) is 7.74. The molecule has 1 aromatic heterocycles. The molecule has 1 saturated heterocycles. The smallest absolute Gasteiger partial charge is 0.191 e. The Morgan fingerprint density at radius 1 is 1.42 bits per heavy atom. The number of rotatable bonds is 9. The Bertz CT molecular complexity index is 513. The fraction of sp³-hybridized carbons (Fsp3) is 0.765. The molecule has 1 aliphatic heterocycles. The van der Waals surface area contributed by atoms with Gasteiger partial charge in [0.05, 0.1) is 30.5 Å². The molecule has 1 fully saturated rings. The van der Waals surface area contributed by atoms with Crippen LogP contribution in [0.2, 0.25) is 0 Å². The number of ether oxygens (including phenoxy) is 2. The predicted octanol–water partition coefficient (Wildman–Crippen LogP) is 2.26. The minimum absolute atomic E-state index is 0.586. The van der Waals surface area contributed by atoms with Crippen molar-refractivity contribution in [2.75, 3.05) is 39.5 Å². The number of hydrogen-bond donors (Lipinski definition) is 2. The summed E-state index contributed by atoms with van der Waals surface area (Å²) >= 11 is 1.72. The van der Waals surface area contributed by atoms with E-state index in [0.29, 0.717) is 12.5 Å². The zero-order valence-electron chi connectivity index (χ0n) is 15.1. The molecule has 1 aliphatic rings. The van der Waals surface area contributed by atoms with Crippen LogP contribution in [-0.2, 0) is 16.0 Å². The average molecular weight is 355 g/mol. The molecule has 2 heterocycles. The Balaban J connectivity index is 1.64. The van der Waals surface area contributed by atoms with E-state index in [2.05, 4.69) is 27.5 Å². The summed E-state index contributed by atoms with van der Waals surface area (Å²) in [6.45, 7) is 11.9. The Morgan fingerprint density at radius 2 is 2.29 bits per heavy atom. The van der Waals surface area contributed by atoms with Gasteiger partial charge < -0.3 is 20.1 Å². The van der Waals surface area contributed by atoms with Crippen molar-refractivity contribution in [3.8, 4) is 0 Å². The topological polar surface area (TPSA) is 67.8 Å². The number of nitrogens with zero attached hydrogens (tertiary/aromatic N) is 2. The van der Waals surface area contributed by atoms with Crippen LogP contribution in [0.15, 0.2) is 4.99 Å². The van der Waals surface area contributed by atoms with E-state index in [-0.39, 0.29) is 0 Å². The minimum Gasteiger partial charge on any atom is -0.381 e. The van der Waals surface area contributed by atoms with Crippen LogP contribution in [0.3, 0.4) is 0 Å². The maximum absolute atomic E-state index is 5.72. The van der Waals surface area contributed by atoms with Gasteiger partial charge in [-0.25, -0.2) is 9.98 Å². The maximum atomic E-state index is 5.72. The molecule has 1 unspecified atom stereocenters. The molecule has 1 aromatic rings. The molecule has 6 nitrogen and oxygen atoms in total. The predicted molar refractivity (Wildman–Crippen MR) is 98.8 cm³/mol. The van der Waals surface area contributed by atoms with Crippen LogP contribution in [0.4, 0.5) is 0 Å². The standard InChI is InChI=1S/C17H30N4O2S/c1-4-18-17(20-10-16-13(2)21-14(3)24-16)19-7-5-8-22-11-15-6-9-23-12-15/h15H,4-12H2,1-3H3,(H2,18,19,20). The quantitative estimate of drug-likeness (QED) is 0.404. The van der Waals surface area contributed by atoms with E-state index in [1.54, 1.807) is 11.3 Å². The van der Waals surface area contributed by atoms with Gasteiger partial charge in [-0.15, -0.1) is 11.3 Å². The lowest BCUT2D eigenvalue weighted by atomic mass is 10.1. The highest BCUT2D eigenvalue weighted by molar-refractivity contribution is 7.11. The minimum atomic E-state index is 0.586. The second kappa shape index (κ2) is 10.6. The first kappa shape index (κ1) is 19.1. The summed E-state index contributed by atoms with van der Waals surface area (Å²) in [6.07, 6.45) is 2.10. The molecule has 7 heteroatoms. The molecule has 24 heavy (non-hydrogen) atoms. The van der Waals surface area contributed by atoms with Crippen molar-refractivity contribution in [1.29, 1.82) is 0 Å². The van der Waals surface area contributed by atoms with Crippen molar-refractivity contribution >= 4 is 17.3 Å². The van der Waals surface area contributed by atoms with Crippen LogP contribution in [-0.4, -0.2) is 50.5 Å². The normalized spacial score (nSPS) is 18.1. The third-order valence-electron chi connectivity index (χ3n) is 3.86. The largest absolute Gasteiger partial charge is 0.381 e. The highest BCUT2D eigenvalue weighted by Crippen LogP contribution is 2.17. The van der Waals surface area contributed by atoms with Crippen LogP contribution in [0.1, 0.15) is 35.3 Å². The number of guanidine groups is 1. The fourth-order valence-electron chi connectivity index (χ4n) is 2.56. The van der Waals surface area contributed by atoms with E-state index in [4.69, 9.17) is 9.47 Å². The van der Waals surface area contributed by atoms with E-state index in [1.165, 1.54) is 4.88 Å². The van der Waals surface area contributed by atoms with E-state index in [0.717, 1.165) is 69.0 Å². The Labute approximate surface area is 149 Å². The molecule has 0 amide bonds. The number of aryl methyl sites for hydroxylation is 2. The van der Waals surface area contributed by atoms with Crippen molar-refractivity contribution in [2.24, 2.45) is 10.9 Å². The Kier molecular flexibility index (Phi) is 8.49. The second-order valence-corrected chi connectivity index (χ2v) is 7.31. The van der Waals surface area contributed by atoms with Gasteiger partial charge in [-0.1, -0.05) is 0 Å². The lowest BCUT2D eigenvalue weighted by Gasteiger charge is -2.12. The first-order chi connectivity index (χ1) is 11.7. The summed E-state index contributed by atoms with van der Waals surface area (Å²) < 4.78 is 11.1. The molecule has 0 radical (unpaired) electrons. The summed E-state index contributed by atoms with van der Waals surface area (Å²) in [5.74, 6) is 1.44. The van der Waals surface area contributed by atoms with Gasteiger partial charge in [-0.2, -0.15) is 0 Å². The van der Waals surface area contributed by atoms with Crippen molar-refractivity contribution < 1.29 is 9.47 Å². The fourth-order valence-corrected chi connectivity index (χ4v) is 3.42. The molecule has 0 bridgehead atoms. The Morgan fingerprint density at radius 3 is 2.96 bits per heavy atom. The number of aliphatic imine (C=N–C) groups is 1. The van der Waals surface area contributed by atoms with Gasteiger partial charge in [0.1, 0.15) is 0 Å². The highest BCUT2D eigenvalue weighted by atomic mass is 32.1. The lowest BCUT2D eigenvalue weighted by molar-refractivity contribution is 0.0888. The molecule has 0 aliphatic carbocycles.